The molecular formula is C13H8FNOS. The van der Waals surface area contributed by atoms with Crippen LogP contribution in [0.5, 0.6) is 5.75 Å². The number of aromatic hydroxyl groups is 1. The number of hydrogen-bond acceptors (Lipinski definition) is 3. The summed E-state index contributed by atoms with van der Waals surface area (Å²) in [4.78, 5) is 1.41. The van der Waals surface area contributed by atoms with Gasteiger partial charge in [-0.05, 0) is 36.4 Å². The van der Waals surface area contributed by atoms with E-state index in [1.54, 1.807) is 36.4 Å². The van der Waals surface area contributed by atoms with E-state index < -0.39 is 5.82 Å². The van der Waals surface area contributed by atoms with Crippen molar-refractivity contribution in [3.63, 3.8) is 0 Å². The molecule has 0 heterocycles. The molecule has 0 bridgehead atoms. The van der Waals surface area contributed by atoms with Gasteiger partial charge in [0.2, 0.25) is 0 Å². The largest absolute Gasteiger partial charge is 0.508 e. The molecule has 84 valence electrons. The maximum absolute atomic E-state index is 13.3. The van der Waals surface area contributed by atoms with Crippen molar-refractivity contribution in [3.8, 4) is 11.8 Å². The van der Waals surface area contributed by atoms with E-state index in [0.29, 0.717) is 4.90 Å². The van der Waals surface area contributed by atoms with Crippen LogP contribution < -0.4 is 0 Å². The minimum absolute atomic E-state index is 0.0468. The molecule has 0 saturated heterocycles. The van der Waals surface area contributed by atoms with Gasteiger partial charge in [0, 0.05) is 9.79 Å². The highest BCUT2D eigenvalue weighted by Gasteiger charge is 2.08. The normalized spacial score (nSPS) is 9.88. The molecule has 0 aliphatic carbocycles. The van der Waals surface area contributed by atoms with E-state index in [9.17, 15) is 4.39 Å². The quantitative estimate of drug-likeness (QED) is 0.879. The highest BCUT2D eigenvalue weighted by atomic mass is 32.2. The summed E-state index contributed by atoms with van der Waals surface area (Å²) in [6.45, 7) is 0. The van der Waals surface area contributed by atoms with Crippen molar-refractivity contribution in [1.29, 1.82) is 5.26 Å². The second-order valence-corrected chi connectivity index (χ2v) is 4.44. The fourth-order valence-electron chi connectivity index (χ4n) is 1.34. The molecule has 0 saturated carbocycles. The van der Waals surface area contributed by atoms with Crippen LogP contribution in [-0.2, 0) is 0 Å². The molecule has 1 N–H and O–H groups in total. The molecule has 0 radical (unpaired) electrons. The highest BCUT2D eigenvalue weighted by Crippen LogP contribution is 2.31. The van der Waals surface area contributed by atoms with Gasteiger partial charge in [0.05, 0.1) is 0 Å². The second kappa shape index (κ2) is 4.89. The van der Waals surface area contributed by atoms with Crippen molar-refractivity contribution in [3.05, 3.63) is 53.8 Å². The summed E-state index contributed by atoms with van der Waals surface area (Å²) < 4.78 is 13.3. The van der Waals surface area contributed by atoms with Crippen molar-refractivity contribution in [2.45, 2.75) is 9.79 Å². The van der Waals surface area contributed by atoms with Crippen LogP contribution in [0.4, 0.5) is 4.39 Å². The topological polar surface area (TPSA) is 44.0 Å². The Morgan fingerprint density at radius 1 is 1.12 bits per heavy atom. The third kappa shape index (κ3) is 2.58. The van der Waals surface area contributed by atoms with Gasteiger partial charge in [-0.2, -0.15) is 5.26 Å². The Bertz CT molecular complexity index is 575. The summed E-state index contributed by atoms with van der Waals surface area (Å²) in [6, 6.07) is 12.9. The van der Waals surface area contributed by atoms with Crippen LogP contribution in [0.1, 0.15) is 5.56 Å². The summed E-state index contributed by atoms with van der Waals surface area (Å²) in [5, 5.41) is 18.0. The zero-order valence-electron chi connectivity index (χ0n) is 8.72. The molecule has 17 heavy (non-hydrogen) atoms. The number of nitrogens with zero attached hydrogens (tertiary/aromatic N) is 1. The summed E-state index contributed by atoms with van der Waals surface area (Å²) in [6.07, 6.45) is 0. The molecule has 0 spiro atoms. The molecule has 0 atom stereocenters. The Balaban J connectivity index is 2.34. The Kier molecular flexibility index (Phi) is 3.31. The third-order valence-corrected chi connectivity index (χ3v) is 3.22. The van der Waals surface area contributed by atoms with Gasteiger partial charge in [0.25, 0.3) is 0 Å². The van der Waals surface area contributed by atoms with E-state index >= 15 is 0 Å². The van der Waals surface area contributed by atoms with Gasteiger partial charge in [-0.1, -0.05) is 17.8 Å². The number of phenolic OH excluding ortho intramolecular Hbond substituents is 1. The van der Waals surface area contributed by atoms with Crippen LogP contribution in [-0.4, -0.2) is 5.11 Å². The summed E-state index contributed by atoms with van der Waals surface area (Å²) in [7, 11) is 0. The fraction of sp³-hybridized carbons (Fsp3) is 0. The van der Waals surface area contributed by atoms with Gasteiger partial charge in [0.1, 0.15) is 23.2 Å². The predicted octanol–water partition coefficient (Wildman–Crippen LogP) is 3.55. The average molecular weight is 245 g/mol. The molecule has 4 heteroatoms. The van der Waals surface area contributed by atoms with Gasteiger partial charge < -0.3 is 5.11 Å². The fourth-order valence-corrected chi connectivity index (χ4v) is 2.26. The Labute approximate surface area is 102 Å². The first-order valence-electron chi connectivity index (χ1n) is 4.86. The lowest BCUT2D eigenvalue weighted by atomic mass is 10.2. The number of hydrogen-bond donors (Lipinski definition) is 1. The zero-order chi connectivity index (χ0) is 12.3. The molecule has 0 fully saturated rings. The first-order chi connectivity index (χ1) is 8.20. The van der Waals surface area contributed by atoms with E-state index in [1.807, 2.05) is 6.07 Å². The SMILES string of the molecule is N#Cc1c(F)cccc1Sc1ccc(O)cc1. The number of nitriles is 1. The van der Waals surface area contributed by atoms with E-state index in [0.717, 1.165) is 4.90 Å². The lowest BCUT2D eigenvalue weighted by molar-refractivity contribution is 0.475. The maximum Gasteiger partial charge on any atom is 0.142 e. The monoisotopic (exact) mass is 245 g/mol. The van der Waals surface area contributed by atoms with E-state index in [-0.39, 0.29) is 11.3 Å². The van der Waals surface area contributed by atoms with Gasteiger partial charge in [-0.3, -0.25) is 0 Å². The van der Waals surface area contributed by atoms with Gasteiger partial charge in [-0.25, -0.2) is 4.39 Å². The van der Waals surface area contributed by atoms with Crippen molar-refractivity contribution >= 4 is 11.8 Å². The third-order valence-electron chi connectivity index (χ3n) is 2.15. The molecule has 0 amide bonds. The van der Waals surface area contributed by atoms with Gasteiger partial charge in [0.15, 0.2) is 0 Å². The van der Waals surface area contributed by atoms with Crippen molar-refractivity contribution in [2.75, 3.05) is 0 Å². The summed E-state index contributed by atoms with van der Waals surface area (Å²) >= 11 is 1.29. The van der Waals surface area contributed by atoms with Crippen LogP contribution in [0.25, 0.3) is 0 Å². The number of rotatable bonds is 2. The molecule has 2 aromatic rings. The molecule has 0 aliphatic rings. The lowest BCUT2D eigenvalue weighted by Gasteiger charge is -2.04. The van der Waals surface area contributed by atoms with Crippen LogP contribution in [0.2, 0.25) is 0 Å². The van der Waals surface area contributed by atoms with Crippen LogP contribution in [0.3, 0.4) is 0 Å². The molecule has 2 rings (SSSR count). The van der Waals surface area contributed by atoms with Crippen LogP contribution in [0.15, 0.2) is 52.3 Å². The molecule has 2 nitrogen and oxygen atoms in total. The Morgan fingerprint density at radius 2 is 1.82 bits per heavy atom. The number of halogens is 1. The molecule has 2 aromatic carbocycles. The first kappa shape index (κ1) is 11.5. The van der Waals surface area contributed by atoms with E-state index in [1.165, 1.54) is 17.8 Å². The minimum atomic E-state index is -0.517. The Hall–Kier alpha value is -1.99. The molecular weight excluding hydrogens is 237 g/mol. The van der Waals surface area contributed by atoms with E-state index in [2.05, 4.69) is 0 Å². The summed E-state index contributed by atoms with van der Waals surface area (Å²) in [5.74, 6) is -0.342. The minimum Gasteiger partial charge on any atom is -0.508 e. The Morgan fingerprint density at radius 3 is 2.47 bits per heavy atom. The predicted molar refractivity (Wildman–Crippen MR) is 63.3 cm³/mol. The maximum atomic E-state index is 13.3. The highest BCUT2D eigenvalue weighted by molar-refractivity contribution is 7.99. The van der Waals surface area contributed by atoms with Crippen LogP contribution >= 0.6 is 11.8 Å². The molecule has 0 aromatic heterocycles. The molecule has 0 aliphatic heterocycles. The zero-order valence-corrected chi connectivity index (χ0v) is 9.54. The second-order valence-electron chi connectivity index (χ2n) is 3.32. The van der Waals surface area contributed by atoms with Gasteiger partial charge in [-0.15, -0.1) is 0 Å². The number of phenols is 1. The number of benzene rings is 2. The van der Waals surface area contributed by atoms with Crippen molar-refractivity contribution < 1.29 is 9.50 Å². The van der Waals surface area contributed by atoms with Gasteiger partial charge >= 0.3 is 0 Å². The van der Waals surface area contributed by atoms with Crippen molar-refractivity contribution in [2.24, 2.45) is 0 Å². The molecule has 0 unspecified atom stereocenters. The standard InChI is InChI=1S/C13H8FNOS/c14-12-2-1-3-13(11(12)8-15)17-10-6-4-9(16)5-7-10/h1-7,16H. The lowest BCUT2D eigenvalue weighted by Crippen LogP contribution is -1.86. The van der Waals surface area contributed by atoms with Crippen molar-refractivity contribution in [1.82, 2.24) is 0 Å². The summed E-state index contributed by atoms with van der Waals surface area (Å²) in [5.41, 5.74) is 0.0468. The van der Waals surface area contributed by atoms with Crippen LogP contribution in [0, 0.1) is 17.1 Å². The van der Waals surface area contributed by atoms with E-state index in [4.69, 9.17) is 10.4 Å². The average Bonchev–Trinajstić information content (AvgIpc) is 2.32. The first-order valence-corrected chi connectivity index (χ1v) is 5.68. The smallest absolute Gasteiger partial charge is 0.142 e.